The Balaban J connectivity index is 2.68. The lowest BCUT2D eigenvalue weighted by Gasteiger charge is -2.09. The summed E-state index contributed by atoms with van der Waals surface area (Å²) >= 11 is 0. The lowest BCUT2D eigenvalue weighted by atomic mass is 10.1. The van der Waals surface area contributed by atoms with Gasteiger partial charge in [0.2, 0.25) is 0 Å². The van der Waals surface area contributed by atoms with E-state index >= 15 is 0 Å². The summed E-state index contributed by atoms with van der Waals surface area (Å²) in [4.78, 5) is 0. The molecule has 0 bridgehead atoms. The lowest BCUT2D eigenvalue weighted by Crippen LogP contribution is -2.31. The van der Waals surface area contributed by atoms with Crippen LogP contribution in [0.4, 0.5) is 0 Å². The van der Waals surface area contributed by atoms with Gasteiger partial charge in [0.05, 0.1) is 6.04 Å². The third kappa shape index (κ3) is 1.28. The number of tetrazole rings is 1. The Hall–Kier alpha value is -1.01. The largest absolute Gasteiger partial charge is 0.326 e. The van der Waals surface area contributed by atoms with Gasteiger partial charge in [-0.1, -0.05) is 5.21 Å². The van der Waals surface area contributed by atoms with Gasteiger partial charge >= 0.3 is 0 Å². The van der Waals surface area contributed by atoms with Gasteiger partial charge in [-0.15, -0.1) is 10.2 Å². The molecular formula is C4H10N6. The van der Waals surface area contributed by atoms with Crippen molar-refractivity contribution in [3.05, 3.63) is 5.82 Å². The fourth-order valence-electron chi connectivity index (χ4n) is 0.546. The summed E-state index contributed by atoms with van der Waals surface area (Å²) in [5, 5.41) is 13.0. The van der Waals surface area contributed by atoms with Crippen molar-refractivity contribution in [3.8, 4) is 0 Å². The first-order valence-corrected chi connectivity index (χ1v) is 2.96. The van der Waals surface area contributed by atoms with Gasteiger partial charge in [0.1, 0.15) is 0 Å². The molecule has 0 aliphatic carbocycles. The zero-order valence-corrected chi connectivity index (χ0v) is 5.65. The van der Waals surface area contributed by atoms with E-state index in [1.807, 2.05) is 0 Å². The topological polar surface area (TPSA) is 107 Å². The van der Waals surface area contributed by atoms with E-state index in [2.05, 4.69) is 20.6 Å². The van der Waals surface area contributed by atoms with Crippen LogP contribution < -0.4 is 11.5 Å². The first-order valence-electron chi connectivity index (χ1n) is 2.96. The smallest absolute Gasteiger partial charge is 0.192 e. The van der Waals surface area contributed by atoms with Crippen LogP contribution in [0.1, 0.15) is 18.8 Å². The molecule has 1 aromatic rings. The summed E-state index contributed by atoms with van der Waals surface area (Å²) in [6.07, 6.45) is 0. The van der Waals surface area contributed by atoms with Crippen molar-refractivity contribution < 1.29 is 0 Å². The molecule has 0 saturated carbocycles. The van der Waals surface area contributed by atoms with Gasteiger partial charge < -0.3 is 11.5 Å². The normalized spacial score (nSPS) is 16.7. The Kier molecular flexibility index (Phi) is 1.93. The average Bonchev–Trinajstić information content (AvgIpc) is 2.36. The molecular weight excluding hydrogens is 132 g/mol. The molecule has 0 saturated heterocycles. The summed E-state index contributed by atoms with van der Waals surface area (Å²) < 4.78 is 0. The number of aromatic nitrogens is 4. The zero-order chi connectivity index (χ0) is 7.56. The van der Waals surface area contributed by atoms with Crippen LogP contribution in [-0.2, 0) is 0 Å². The maximum absolute atomic E-state index is 5.57. The first kappa shape index (κ1) is 7.10. The highest BCUT2D eigenvalue weighted by Gasteiger charge is 2.14. The van der Waals surface area contributed by atoms with E-state index in [1.165, 1.54) is 0 Å². The molecule has 2 unspecified atom stereocenters. The minimum absolute atomic E-state index is 0.155. The van der Waals surface area contributed by atoms with E-state index in [0.717, 1.165) is 0 Å². The number of nitrogens with one attached hydrogen (secondary N) is 1. The van der Waals surface area contributed by atoms with Crippen LogP contribution in [0.25, 0.3) is 0 Å². The van der Waals surface area contributed by atoms with Crippen LogP contribution in [0.2, 0.25) is 0 Å². The van der Waals surface area contributed by atoms with Crippen molar-refractivity contribution >= 4 is 0 Å². The monoisotopic (exact) mass is 142 g/mol. The molecule has 1 aromatic heterocycles. The van der Waals surface area contributed by atoms with Crippen LogP contribution in [0.5, 0.6) is 0 Å². The molecule has 0 aliphatic rings. The molecule has 6 heteroatoms. The minimum Gasteiger partial charge on any atom is -0.326 e. The molecule has 0 radical (unpaired) electrons. The van der Waals surface area contributed by atoms with Crippen molar-refractivity contribution in [2.45, 2.75) is 19.0 Å². The summed E-state index contributed by atoms with van der Waals surface area (Å²) in [5.74, 6) is 0.454. The number of hydrogen-bond donors (Lipinski definition) is 3. The molecule has 56 valence electrons. The van der Waals surface area contributed by atoms with Gasteiger partial charge in [0.25, 0.3) is 0 Å². The van der Waals surface area contributed by atoms with Crippen molar-refractivity contribution in [2.75, 3.05) is 0 Å². The molecule has 0 amide bonds. The van der Waals surface area contributed by atoms with Crippen LogP contribution in [-0.4, -0.2) is 26.7 Å². The second-order valence-corrected chi connectivity index (χ2v) is 2.15. The van der Waals surface area contributed by atoms with E-state index in [0.29, 0.717) is 5.82 Å². The number of rotatable bonds is 2. The van der Waals surface area contributed by atoms with Gasteiger partial charge in [-0.2, -0.15) is 5.21 Å². The summed E-state index contributed by atoms with van der Waals surface area (Å²) in [7, 11) is 0. The summed E-state index contributed by atoms with van der Waals surface area (Å²) in [5.41, 5.74) is 11.1. The van der Waals surface area contributed by atoms with Gasteiger partial charge in [0.15, 0.2) is 5.82 Å². The van der Waals surface area contributed by atoms with Crippen LogP contribution >= 0.6 is 0 Å². The van der Waals surface area contributed by atoms with E-state index in [-0.39, 0.29) is 12.1 Å². The second-order valence-electron chi connectivity index (χ2n) is 2.15. The number of nitrogens with two attached hydrogens (primary N) is 2. The van der Waals surface area contributed by atoms with E-state index in [4.69, 9.17) is 11.5 Å². The highest BCUT2D eigenvalue weighted by atomic mass is 15.5. The quantitative estimate of drug-likeness (QED) is 0.468. The number of hydrogen-bond acceptors (Lipinski definition) is 5. The highest BCUT2D eigenvalue weighted by Crippen LogP contribution is 2.03. The van der Waals surface area contributed by atoms with E-state index in [9.17, 15) is 0 Å². The molecule has 10 heavy (non-hydrogen) atoms. The Labute approximate surface area is 58.0 Å². The molecule has 5 N–H and O–H groups in total. The second kappa shape index (κ2) is 2.72. The van der Waals surface area contributed by atoms with Crippen molar-refractivity contribution in [2.24, 2.45) is 11.5 Å². The molecule has 0 fully saturated rings. The Morgan fingerprint density at radius 2 is 2.20 bits per heavy atom. The van der Waals surface area contributed by atoms with Crippen LogP contribution in [0.15, 0.2) is 0 Å². The Morgan fingerprint density at radius 3 is 2.60 bits per heavy atom. The van der Waals surface area contributed by atoms with Crippen molar-refractivity contribution in [3.63, 3.8) is 0 Å². The van der Waals surface area contributed by atoms with Crippen molar-refractivity contribution in [1.82, 2.24) is 20.6 Å². The average molecular weight is 142 g/mol. The third-order valence-electron chi connectivity index (χ3n) is 1.23. The predicted octanol–water partition coefficient (Wildman–Crippen LogP) is -1.45. The molecule has 2 atom stereocenters. The van der Waals surface area contributed by atoms with Gasteiger partial charge in [-0.3, -0.25) is 0 Å². The van der Waals surface area contributed by atoms with E-state index < -0.39 is 0 Å². The first-order chi connectivity index (χ1) is 4.72. The minimum atomic E-state index is -0.334. The van der Waals surface area contributed by atoms with E-state index in [1.54, 1.807) is 6.92 Å². The standard InChI is InChI=1S/C4H10N6/c1-2(5)3(6)4-7-9-10-8-4/h2-3H,5-6H2,1H3,(H,7,8,9,10). The van der Waals surface area contributed by atoms with Crippen LogP contribution in [0, 0.1) is 0 Å². The fourth-order valence-corrected chi connectivity index (χ4v) is 0.546. The van der Waals surface area contributed by atoms with Gasteiger partial charge in [0, 0.05) is 6.04 Å². The Bertz CT molecular complexity index is 180. The summed E-state index contributed by atoms with van der Waals surface area (Å²) in [6.45, 7) is 1.79. The molecule has 0 spiro atoms. The number of H-pyrrole nitrogens is 1. The zero-order valence-electron chi connectivity index (χ0n) is 5.65. The number of aromatic amines is 1. The predicted molar refractivity (Wildman–Crippen MR) is 34.8 cm³/mol. The SMILES string of the molecule is CC(N)C(N)c1nn[nH]n1. The molecule has 0 aliphatic heterocycles. The molecule has 1 heterocycles. The highest BCUT2D eigenvalue weighted by molar-refractivity contribution is 4.91. The summed E-state index contributed by atoms with van der Waals surface area (Å²) in [6, 6.07) is -0.489. The fraction of sp³-hybridized carbons (Fsp3) is 0.750. The molecule has 0 aromatic carbocycles. The van der Waals surface area contributed by atoms with Crippen molar-refractivity contribution in [1.29, 1.82) is 0 Å². The third-order valence-corrected chi connectivity index (χ3v) is 1.23. The lowest BCUT2D eigenvalue weighted by molar-refractivity contribution is 0.559. The number of nitrogens with zero attached hydrogens (tertiary/aromatic N) is 3. The Morgan fingerprint density at radius 1 is 1.50 bits per heavy atom. The maximum atomic E-state index is 5.57. The van der Waals surface area contributed by atoms with Crippen LogP contribution in [0.3, 0.4) is 0 Å². The molecule has 1 rings (SSSR count). The van der Waals surface area contributed by atoms with Gasteiger partial charge in [-0.25, -0.2) is 0 Å². The molecule has 6 nitrogen and oxygen atoms in total. The maximum Gasteiger partial charge on any atom is 0.192 e. The van der Waals surface area contributed by atoms with Gasteiger partial charge in [-0.05, 0) is 6.92 Å².